The van der Waals surface area contributed by atoms with Gasteiger partial charge in [0.2, 0.25) is 0 Å². The molecule has 0 aliphatic heterocycles. The van der Waals surface area contributed by atoms with E-state index in [1.54, 1.807) is 31.4 Å². The molecule has 0 saturated heterocycles. The number of methoxy groups -OCH3 is 1. The van der Waals surface area contributed by atoms with E-state index in [0.717, 1.165) is 22.6 Å². The highest BCUT2D eigenvalue weighted by Crippen LogP contribution is 2.33. The Hall–Kier alpha value is -3.57. The number of rotatable bonds is 9. The van der Waals surface area contributed by atoms with Crippen LogP contribution in [-0.2, 0) is 16.3 Å². The summed E-state index contributed by atoms with van der Waals surface area (Å²) in [6, 6.07) is 35.3. The molecule has 0 aromatic heterocycles. The minimum atomic E-state index is -3.67. The zero-order valence-electron chi connectivity index (χ0n) is 18.5. The fourth-order valence-corrected chi connectivity index (χ4v) is 5.84. The van der Waals surface area contributed by atoms with Gasteiger partial charge in [0.05, 0.1) is 23.3 Å². The summed E-state index contributed by atoms with van der Waals surface area (Å²) >= 11 is 0. The molecule has 0 aliphatic carbocycles. The van der Waals surface area contributed by atoms with Crippen molar-refractivity contribution in [2.24, 2.45) is 0 Å². The average molecular weight is 458 g/mol. The van der Waals surface area contributed by atoms with Gasteiger partial charge in [0, 0.05) is 5.69 Å². The number of anilines is 1. The van der Waals surface area contributed by atoms with Crippen LogP contribution in [0.3, 0.4) is 0 Å². The molecule has 4 nitrogen and oxygen atoms in total. The molecule has 0 heterocycles. The van der Waals surface area contributed by atoms with E-state index in [-0.39, 0.29) is 0 Å². The van der Waals surface area contributed by atoms with Crippen LogP contribution in [-0.4, -0.2) is 20.8 Å². The Morgan fingerprint density at radius 1 is 0.727 bits per heavy atom. The van der Waals surface area contributed by atoms with Gasteiger partial charge in [0.15, 0.2) is 9.84 Å². The van der Waals surface area contributed by atoms with Crippen LogP contribution in [0.1, 0.15) is 17.2 Å². The average Bonchev–Trinajstić information content (AvgIpc) is 2.88. The standard InChI is InChI=1S/C28H27NO3S/c1-32-25-19-17-24(18-20-25)29-28(23-13-7-3-8-14-23)27(21-22-11-5-2-6-12-22)33(30,31)26-15-9-4-10-16-26/h2-20,27-29H,21H2,1H3/t27-,28+/m1/s1. The van der Waals surface area contributed by atoms with Crippen LogP contribution in [0.25, 0.3) is 0 Å². The normalized spacial score (nSPS) is 13.1. The zero-order chi connectivity index (χ0) is 23.1. The summed E-state index contributed by atoms with van der Waals surface area (Å²) in [5.41, 5.74) is 2.71. The summed E-state index contributed by atoms with van der Waals surface area (Å²) in [6.45, 7) is 0. The van der Waals surface area contributed by atoms with Gasteiger partial charge in [0.1, 0.15) is 5.75 Å². The molecule has 0 amide bonds. The lowest BCUT2D eigenvalue weighted by atomic mass is 9.98. The number of sulfone groups is 1. The Kier molecular flexibility index (Phi) is 7.10. The minimum absolute atomic E-state index is 0.323. The van der Waals surface area contributed by atoms with Crippen molar-refractivity contribution in [3.8, 4) is 5.75 Å². The number of hydrogen-bond donors (Lipinski definition) is 1. The molecular weight excluding hydrogens is 430 g/mol. The van der Waals surface area contributed by atoms with E-state index in [2.05, 4.69) is 5.32 Å². The van der Waals surface area contributed by atoms with Gasteiger partial charge in [-0.3, -0.25) is 0 Å². The molecule has 4 aromatic carbocycles. The van der Waals surface area contributed by atoms with Gasteiger partial charge in [-0.2, -0.15) is 0 Å². The molecule has 5 heteroatoms. The molecular formula is C28H27NO3S. The molecule has 0 fully saturated rings. The van der Waals surface area contributed by atoms with Gasteiger partial charge >= 0.3 is 0 Å². The number of hydrogen-bond acceptors (Lipinski definition) is 4. The molecule has 0 saturated carbocycles. The quantitative estimate of drug-likeness (QED) is 0.338. The Morgan fingerprint density at radius 3 is 1.85 bits per heavy atom. The third-order valence-corrected chi connectivity index (χ3v) is 7.86. The van der Waals surface area contributed by atoms with Crippen molar-refractivity contribution in [1.82, 2.24) is 0 Å². The Labute approximate surface area is 195 Å². The summed E-state index contributed by atoms with van der Waals surface area (Å²) in [5.74, 6) is 0.745. The predicted molar refractivity (Wildman–Crippen MR) is 133 cm³/mol. The highest BCUT2D eigenvalue weighted by Gasteiger charge is 2.36. The van der Waals surface area contributed by atoms with Crippen molar-refractivity contribution >= 4 is 15.5 Å². The first-order chi connectivity index (χ1) is 16.1. The number of benzene rings is 4. The minimum Gasteiger partial charge on any atom is -0.497 e. The van der Waals surface area contributed by atoms with Crippen LogP contribution in [0.15, 0.2) is 120 Å². The molecule has 4 aromatic rings. The van der Waals surface area contributed by atoms with Crippen LogP contribution >= 0.6 is 0 Å². The molecule has 33 heavy (non-hydrogen) atoms. The Balaban J connectivity index is 1.81. The second kappa shape index (κ2) is 10.4. The van der Waals surface area contributed by atoms with E-state index in [4.69, 9.17) is 4.74 Å². The predicted octanol–water partition coefficient (Wildman–Crippen LogP) is 5.93. The summed E-state index contributed by atoms with van der Waals surface area (Å²) < 4.78 is 33.2. The topological polar surface area (TPSA) is 55.4 Å². The SMILES string of the molecule is COc1ccc(N[C@@H](c2ccccc2)[C@@H](Cc2ccccc2)S(=O)(=O)c2ccccc2)cc1. The highest BCUT2D eigenvalue weighted by atomic mass is 32.2. The van der Waals surface area contributed by atoms with Gasteiger partial charge in [0.25, 0.3) is 0 Å². The van der Waals surface area contributed by atoms with Crippen molar-refractivity contribution in [3.63, 3.8) is 0 Å². The maximum atomic E-state index is 14.0. The maximum Gasteiger partial charge on any atom is 0.183 e. The first-order valence-electron chi connectivity index (χ1n) is 10.9. The smallest absolute Gasteiger partial charge is 0.183 e. The summed E-state index contributed by atoms with van der Waals surface area (Å²) in [6.07, 6.45) is 0.376. The number of nitrogens with one attached hydrogen (secondary N) is 1. The van der Waals surface area contributed by atoms with Gasteiger partial charge in [-0.25, -0.2) is 8.42 Å². The van der Waals surface area contributed by atoms with Crippen LogP contribution < -0.4 is 10.1 Å². The molecule has 1 N–H and O–H groups in total. The molecule has 0 aliphatic rings. The van der Waals surface area contributed by atoms with Gasteiger partial charge in [-0.1, -0.05) is 78.9 Å². The van der Waals surface area contributed by atoms with Crippen LogP contribution in [0.4, 0.5) is 5.69 Å². The van der Waals surface area contributed by atoms with Crippen molar-refractivity contribution < 1.29 is 13.2 Å². The molecule has 0 bridgehead atoms. The molecule has 4 rings (SSSR count). The number of ether oxygens (including phenoxy) is 1. The van der Waals surface area contributed by atoms with Crippen LogP contribution in [0.5, 0.6) is 5.75 Å². The maximum absolute atomic E-state index is 14.0. The molecule has 0 spiro atoms. The fourth-order valence-electron chi connectivity index (χ4n) is 3.96. The van der Waals surface area contributed by atoms with Gasteiger partial charge in [-0.15, -0.1) is 0 Å². The Morgan fingerprint density at radius 2 is 1.27 bits per heavy atom. The molecule has 2 atom stereocenters. The fraction of sp³-hybridized carbons (Fsp3) is 0.143. The second-order valence-corrected chi connectivity index (χ2v) is 10.0. The zero-order valence-corrected chi connectivity index (χ0v) is 19.3. The van der Waals surface area contributed by atoms with Crippen molar-refractivity contribution in [3.05, 3.63) is 126 Å². The molecule has 168 valence electrons. The molecule has 0 radical (unpaired) electrons. The van der Waals surface area contributed by atoms with E-state index in [1.807, 2.05) is 91.0 Å². The van der Waals surface area contributed by atoms with E-state index in [1.165, 1.54) is 0 Å². The third kappa shape index (κ3) is 5.44. The van der Waals surface area contributed by atoms with Crippen molar-refractivity contribution in [1.29, 1.82) is 0 Å². The van der Waals surface area contributed by atoms with Gasteiger partial charge in [-0.05, 0) is 53.9 Å². The largest absolute Gasteiger partial charge is 0.497 e. The van der Waals surface area contributed by atoms with Crippen LogP contribution in [0.2, 0.25) is 0 Å². The lowest BCUT2D eigenvalue weighted by Crippen LogP contribution is -2.35. The monoisotopic (exact) mass is 457 g/mol. The second-order valence-electron chi connectivity index (χ2n) is 7.85. The van der Waals surface area contributed by atoms with Crippen molar-refractivity contribution in [2.75, 3.05) is 12.4 Å². The van der Waals surface area contributed by atoms with E-state index in [9.17, 15) is 8.42 Å². The van der Waals surface area contributed by atoms with Crippen molar-refractivity contribution in [2.45, 2.75) is 22.6 Å². The summed E-state index contributed by atoms with van der Waals surface area (Å²) in [4.78, 5) is 0.323. The Bertz CT molecular complexity index is 1240. The lowest BCUT2D eigenvalue weighted by Gasteiger charge is -2.30. The first-order valence-corrected chi connectivity index (χ1v) is 12.4. The lowest BCUT2D eigenvalue weighted by molar-refractivity contribution is 0.415. The van der Waals surface area contributed by atoms with E-state index < -0.39 is 21.1 Å². The third-order valence-electron chi connectivity index (χ3n) is 5.69. The highest BCUT2D eigenvalue weighted by molar-refractivity contribution is 7.92. The summed E-state index contributed by atoms with van der Waals surface area (Å²) in [7, 11) is -2.04. The van der Waals surface area contributed by atoms with E-state index >= 15 is 0 Å². The van der Waals surface area contributed by atoms with Gasteiger partial charge < -0.3 is 10.1 Å². The van der Waals surface area contributed by atoms with Crippen LogP contribution in [0, 0.1) is 0 Å². The molecule has 0 unspecified atom stereocenters. The first kappa shape index (κ1) is 22.6. The summed E-state index contributed by atoms with van der Waals surface area (Å²) in [5, 5.41) is 2.78. The van der Waals surface area contributed by atoms with E-state index in [0.29, 0.717) is 11.3 Å².